The normalized spacial score (nSPS) is 22.1. The van der Waals surface area contributed by atoms with Gasteiger partial charge in [0.1, 0.15) is 17.5 Å². The predicted octanol–water partition coefficient (Wildman–Crippen LogP) is -0.568. The van der Waals surface area contributed by atoms with Crippen LogP contribution >= 0.6 is 11.8 Å². The monoisotopic (exact) mass is 433 g/mol. The van der Waals surface area contributed by atoms with Crippen LogP contribution in [0.3, 0.4) is 0 Å². The number of urea groups is 1. The molecule has 3 rings (SSSR count). The van der Waals surface area contributed by atoms with E-state index in [-0.39, 0.29) is 24.4 Å². The first-order valence-electron chi connectivity index (χ1n) is 9.47. The van der Waals surface area contributed by atoms with Crippen molar-refractivity contribution in [3.8, 4) is 0 Å². The second-order valence-electron chi connectivity index (χ2n) is 6.79. The van der Waals surface area contributed by atoms with E-state index in [9.17, 15) is 24.0 Å². The van der Waals surface area contributed by atoms with Gasteiger partial charge in [-0.2, -0.15) is 0 Å². The quantitative estimate of drug-likeness (QED) is 0.407. The van der Waals surface area contributed by atoms with Crippen LogP contribution < -0.4 is 16.0 Å². The molecule has 2 heterocycles. The number of likely N-dealkylation sites (N-methyl/N-ethyl adjacent to an activating group) is 1. The van der Waals surface area contributed by atoms with Gasteiger partial charge >= 0.3 is 17.8 Å². The summed E-state index contributed by atoms with van der Waals surface area (Å²) in [6.07, 6.45) is 1.80. The van der Waals surface area contributed by atoms with Crippen LogP contribution in [-0.2, 0) is 19.2 Å². The van der Waals surface area contributed by atoms with E-state index in [1.54, 1.807) is 43.5 Å². The second kappa shape index (κ2) is 9.16. The Labute approximate surface area is 177 Å². The number of β-lactam (4-membered cyclic amide) rings is 1. The van der Waals surface area contributed by atoms with Crippen molar-refractivity contribution in [3.63, 3.8) is 0 Å². The Kier molecular flexibility index (Phi) is 6.60. The maximum Gasteiger partial charge on any atom is 0.325 e. The highest BCUT2D eigenvalue weighted by Gasteiger charge is 2.42. The Morgan fingerprint density at radius 2 is 1.87 bits per heavy atom. The summed E-state index contributed by atoms with van der Waals surface area (Å²) in [6.45, 7) is 2.38. The fraction of sp³-hybridized carbons (Fsp3) is 0.421. The van der Waals surface area contributed by atoms with Crippen molar-refractivity contribution in [2.24, 2.45) is 0 Å². The summed E-state index contributed by atoms with van der Waals surface area (Å²) in [4.78, 5) is 64.0. The van der Waals surface area contributed by atoms with Crippen LogP contribution in [-0.4, -0.2) is 76.8 Å². The topological polar surface area (TPSA) is 128 Å². The molecule has 2 fully saturated rings. The predicted molar refractivity (Wildman–Crippen MR) is 109 cm³/mol. The number of nitrogens with zero attached hydrogens (tertiary/aromatic N) is 2. The summed E-state index contributed by atoms with van der Waals surface area (Å²) in [5.74, 6) is -2.58. The van der Waals surface area contributed by atoms with E-state index in [1.165, 1.54) is 16.7 Å². The number of carbonyl (C=O) groups excluding carboxylic acids is 5. The van der Waals surface area contributed by atoms with Crippen LogP contribution in [0.1, 0.15) is 18.5 Å². The number of nitrogens with one attached hydrogen (secondary N) is 3. The number of rotatable bonds is 6. The van der Waals surface area contributed by atoms with E-state index >= 15 is 0 Å². The molecule has 0 saturated carbocycles. The molecular weight excluding hydrogens is 410 g/mol. The molecule has 1 aromatic rings. The number of hydrogen-bond donors (Lipinski definition) is 3. The van der Waals surface area contributed by atoms with Crippen molar-refractivity contribution in [1.82, 2.24) is 25.8 Å². The van der Waals surface area contributed by atoms with Crippen molar-refractivity contribution >= 4 is 41.4 Å². The van der Waals surface area contributed by atoms with E-state index in [0.29, 0.717) is 12.1 Å². The molecule has 6 amide bonds. The summed E-state index contributed by atoms with van der Waals surface area (Å²) in [6, 6.07) is 5.78. The molecule has 160 valence electrons. The van der Waals surface area contributed by atoms with Gasteiger partial charge in [0.25, 0.3) is 0 Å². The van der Waals surface area contributed by atoms with Crippen molar-refractivity contribution in [3.05, 3.63) is 35.9 Å². The number of carbonyl (C=O) groups is 5. The Morgan fingerprint density at radius 3 is 2.47 bits per heavy atom. The molecule has 3 N–H and O–H groups in total. The highest BCUT2D eigenvalue weighted by molar-refractivity contribution is 7.99. The zero-order valence-electron chi connectivity index (χ0n) is 16.6. The molecule has 0 radical (unpaired) electrons. The van der Waals surface area contributed by atoms with E-state index in [0.717, 1.165) is 4.90 Å². The molecule has 11 heteroatoms. The van der Waals surface area contributed by atoms with E-state index in [2.05, 4.69) is 16.0 Å². The zero-order valence-corrected chi connectivity index (χ0v) is 17.4. The molecule has 0 unspecified atom stereocenters. The Morgan fingerprint density at radius 1 is 1.17 bits per heavy atom. The van der Waals surface area contributed by atoms with Gasteiger partial charge < -0.3 is 20.9 Å². The van der Waals surface area contributed by atoms with Gasteiger partial charge in [0, 0.05) is 19.6 Å². The molecule has 30 heavy (non-hydrogen) atoms. The number of amides is 6. The third-order valence-electron chi connectivity index (χ3n) is 5.02. The van der Waals surface area contributed by atoms with Gasteiger partial charge in [-0.1, -0.05) is 30.3 Å². The summed E-state index contributed by atoms with van der Waals surface area (Å²) in [5.41, 5.74) is 0.481. The van der Waals surface area contributed by atoms with Gasteiger partial charge in [-0.05, 0) is 18.7 Å². The lowest BCUT2D eigenvalue weighted by Gasteiger charge is -2.37. The molecule has 0 aromatic heterocycles. The zero-order chi connectivity index (χ0) is 21.8. The van der Waals surface area contributed by atoms with Crippen LogP contribution in [0.15, 0.2) is 30.3 Å². The number of imide groups is 1. The third-order valence-corrected chi connectivity index (χ3v) is 5.92. The van der Waals surface area contributed by atoms with Gasteiger partial charge in [0.15, 0.2) is 0 Å². The van der Waals surface area contributed by atoms with E-state index in [4.69, 9.17) is 0 Å². The number of hydrogen-bond acceptors (Lipinski definition) is 6. The average molecular weight is 433 g/mol. The maximum absolute atomic E-state index is 12.9. The van der Waals surface area contributed by atoms with E-state index < -0.39 is 35.8 Å². The third kappa shape index (κ3) is 4.25. The van der Waals surface area contributed by atoms with Gasteiger partial charge in [-0.3, -0.25) is 24.1 Å². The number of piperazine rings is 1. The lowest BCUT2D eigenvalue weighted by Crippen LogP contribution is -2.68. The largest absolute Gasteiger partial charge is 0.340 e. The number of thioether (sulfide) groups is 1. The van der Waals surface area contributed by atoms with Gasteiger partial charge in [0.2, 0.25) is 11.8 Å². The van der Waals surface area contributed by atoms with Crippen molar-refractivity contribution in [2.75, 3.05) is 25.9 Å². The van der Waals surface area contributed by atoms with Crippen LogP contribution in [0.4, 0.5) is 4.79 Å². The van der Waals surface area contributed by atoms with Gasteiger partial charge in [0.05, 0.1) is 0 Å². The molecule has 1 aromatic carbocycles. The lowest BCUT2D eigenvalue weighted by molar-refractivity contribution is -0.153. The molecule has 3 atom stereocenters. The Hall–Kier alpha value is -3.08. The van der Waals surface area contributed by atoms with Crippen molar-refractivity contribution in [1.29, 1.82) is 0 Å². The van der Waals surface area contributed by atoms with Crippen LogP contribution in [0, 0.1) is 0 Å². The standard InChI is InChI=1S/C19H23N5O5S/c1-3-23-9-10-24(18(28)17(23)27)19(29)21-12(11-7-5-4-6-8-11)14(25)20-13-15(26)22-16(13)30-2/h4-8,12-13,16H,3,9-10H2,1-2H3,(H,20,25)(H,21,29)(H,22,26)/t12-,13-,16+/m1/s1. The summed E-state index contributed by atoms with van der Waals surface area (Å²) in [7, 11) is 0. The first kappa shape index (κ1) is 21.6. The van der Waals surface area contributed by atoms with E-state index in [1.807, 2.05) is 0 Å². The lowest BCUT2D eigenvalue weighted by atomic mass is 10.0. The average Bonchev–Trinajstić information content (AvgIpc) is 2.76. The summed E-state index contributed by atoms with van der Waals surface area (Å²) >= 11 is 1.38. The first-order chi connectivity index (χ1) is 14.4. The summed E-state index contributed by atoms with van der Waals surface area (Å²) < 4.78 is 0. The molecule has 2 saturated heterocycles. The van der Waals surface area contributed by atoms with Crippen LogP contribution in [0.25, 0.3) is 0 Å². The fourth-order valence-corrected chi connectivity index (χ4v) is 3.94. The molecule has 0 bridgehead atoms. The Balaban J connectivity index is 1.76. The summed E-state index contributed by atoms with van der Waals surface area (Å²) in [5, 5.41) is 7.59. The van der Waals surface area contributed by atoms with Crippen molar-refractivity contribution < 1.29 is 24.0 Å². The molecule has 0 aliphatic carbocycles. The number of benzene rings is 1. The second-order valence-corrected chi connectivity index (χ2v) is 7.77. The first-order valence-corrected chi connectivity index (χ1v) is 10.8. The van der Waals surface area contributed by atoms with Gasteiger partial charge in [-0.15, -0.1) is 11.8 Å². The molecule has 0 spiro atoms. The highest BCUT2D eigenvalue weighted by atomic mass is 32.2. The molecule has 10 nitrogen and oxygen atoms in total. The highest BCUT2D eigenvalue weighted by Crippen LogP contribution is 2.20. The van der Waals surface area contributed by atoms with Crippen LogP contribution in [0.2, 0.25) is 0 Å². The fourth-order valence-electron chi connectivity index (χ4n) is 3.24. The minimum absolute atomic E-state index is 0.0347. The minimum atomic E-state index is -1.14. The van der Waals surface area contributed by atoms with Crippen LogP contribution in [0.5, 0.6) is 0 Å². The SMILES string of the molecule is CCN1CCN(C(=O)N[C@@H](C(=O)N[C@@H]2C(=O)N[C@H]2SC)c2ccccc2)C(=O)C1=O. The molecule has 2 aliphatic rings. The van der Waals surface area contributed by atoms with Crippen molar-refractivity contribution in [2.45, 2.75) is 24.4 Å². The molecular formula is C19H23N5O5S. The van der Waals surface area contributed by atoms with Gasteiger partial charge in [-0.25, -0.2) is 4.79 Å². The smallest absolute Gasteiger partial charge is 0.325 e. The maximum atomic E-state index is 12.9. The molecule has 2 aliphatic heterocycles. The minimum Gasteiger partial charge on any atom is -0.340 e. The Bertz CT molecular complexity index is 864.